The van der Waals surface area contributed by atoms with E-state index >= 15 is 0 Å². The summed E-state index contributed by atoms with van der Waals surface area (Å²) in [5.74, 6) is -2.69. The molecule has 1 N–H and O–H groups in total. The van der Waals surface area contributed by atoms with Crippen molar-refractivity contribution in [2.45, 2.75) is 19.8 Å². The third-order valence-electron chi connectivity index (χ3n) is 5.04. The fourth-order valence-electron chi connectivity index (χ4n) is 3.04. The Balaban J connectivity index is 1.91. The van der Waals surface area contributed by atoms with Crippen LogP contribution in [-0.4, -0.2) is 11.8 Å². The van der Waals surface area contributed by atoms with Gasteiger partial charge < -0.3 is 0 Å². The number of carbonyl (C=O) groups is 2. The minimum Gasteiger partial charge on any atom is -0.288 e. The van der Waals surface area contributed by atoms with Gasteiger partial charge in [0.2, 0.25) is 0 Å². The topological polar surface area (TPSA) is 46.2 Å². The van der Waals surface area contributed by atoms with Gasteiger partial charge in [-0.2, -0.15) is 0 Å². The number of benzene rings is 2. The average Bonchev–Trinajstić information content (AvgIpc) is 3.52. The fraction of sp³-hybridized carbons (Fsp3) is 0.217. The van der Waals surface area contributed by atoms with Gasteiger partial charge in [-0.3, -0.25) is 14.9 Å². The molecule has 1 aliphatic carbocycles. The molecule has 1 fully saturated rings. The fourth-order valence-corrected chi connectivity index (χ4v) is 3.16. The molecule has 0 radical (unpaired) electrons. The van der Waals surface area contributed by atoms with Gasteiger partial charge in [0.1, 0.15) is 11.6 Å². The highest BCUT2D eigenvalue weighted by Gasteiger charge is 2.32. The Morgan fingerprint density at radius 1 is 1.14 bits per heavy atom. The highest BCUT2D eigenvalue weighted by molar-refractivity contribution is 6.31. The second kappa shape index (κ2) is 8.70. The summed E-state index contributed by atoms with van der Waals surface area (Å²) in [7, 11) is 0. The highest BCUT2D eigenvalue weighted by Crippen LogP contribution is 2.39. The number of hydrogen-bond acceptors (Lipinski definition) is 2. The first-order chi connectivity index (χ1) is 13.8. The van der Waals surface area contributed by atoms with Crippen molar-refractivity contribution < 1.29 is 18.4 Å². The molecule has 6 heteroatoms. The summed E-state index contributed by atoms with van der Waals surface area (Å²) in [6.07, 6.45) is 3.48. The number of halogens is 3. The van der Waals surface area contributed by atoms with E-state index in [0.717, 1.165) is 25.0 Å². The lowest BCUT2D eigenvalue weighted by Gasteiger charge is -2.15. The summed E-state index contributed by atoms with van der Waals surface area (Å²) in [5, 5.41) is 2.78. The molecule has 0 aliphatic heterocycles. The molecule has 0 saturated heterocycles. The summed E-state index contributed by atoms with van der Waals surface area (Å²) >= 11 is 5.88. The van der Waals surface area contributed by atoms with Crippen molar-refractivity contribution in [1.82, 2.24) is 5.32 Å². The first-order valence-electron chi connectivity index (χ1n) is 9.23. The van der Waals surface area contributed by atoms with Crippen LogP contribution in [0.1, 0.15) is 30.9 Å². The lowest BCUT2D eigenvalue weighted by atomic mass is 9.96. The Hall–Kier alpha value is -2.79. The number of hydrogen-bond donors (Lipinski definition) is 1. The molecule has 0 heterocycles. The molecule has 3 nitrogen and oxygen atoms in total. The Labute approximate surface area is 173 Å². The third kappa shape index (κ3) is 5.18. The molecule has 2 amide bonds. The van der Waals surface area contributed by atoms with Gasteiger partial charge in [-0.25, -0.2) is 8.78 Å². The maximum atomic E-state index is 14.4. The van der Waals surface area contributed by atoms with Gasteiger partial charge in [0.15, 0.2) is 0 Å². The van der Waals surface area contributed by atoms with E-state index in [4.69, 9.17) is 11.6 Å². The van der Waals surface area contributed by atoms with Gasteiger partial charge in [-0.05, 0) is 60.6 Å². The van der Waals surface area contributed by atoms with Gasteiger partial charge in [0.05, 0.1) is 5.57 Å². The lowest BCUT2D eigenvalue weighted by molar-refractivity contribution is -0.125. The SMILES string of the molecule is C=C(C(=O)NC(=O)/C(=C/c1ccc(Cl)cc1)c1ccc(F)cc1F)C(C)C1CC1. The molecule has 0 spiro atoms. The van der Waals surface area contributed by atoms with E-state index in [0.29, 0.717) is 28.1 Å². The lowest BCUT2D eigenvalue weighted by Crippen LogP contribution is -2.34. The number of imide groups is 1. The Bertz CT molecular complexity index is 994. The zero-order valence-corrected chi connectivity index (χ0v) is 16.6. The van der Waals surface area contributed by atoms with E-state index in [2.05, 4.69) is 11.9 Å². The molecule has 2 aromatic rings. The molecular weight excluding hydrogens is 396 g/mol. The zero-order valence-electron chi connectivity index (χ0n) is 15.8. The molecule has 0 bridgehead atoms. The van der Waals surface area contributed by atoms with Gasteiger partial charge in [-0.1, -0.05) is 37.2 Å². The van der Waals surface area contributed by atoms with Crippen molar-refractivity contribution in [2.75, 3.05) is 0 Å². The molecule has 3 rings (SSSR count). The summed E-state index contributed by atoms with van der Waals surface area (Å²) < 4.78 is 27.7. The van der Waals surface area contributed by atoms with Crippen LogP contribution in [0.5, 0.6) is 0 Å². The van der Waals surface area contributed by atoms with Gasteiger partial charge in [0, 0.05) is 22.2 Å². The van der Waals surface area contributed by atoms with E-state index in [1.54, 1.807) is 24.3 Å². The summed E-state index contributed by atoms with van der Waals surface area (Å²) in [4.78, 5) is 25.3. The number of rotatable bonds is 6. The minimum atomic E-state index is -0.905. The average molecular weight is 416 g/mol. The summed E-state index contributed by atoms with van der Waals surface area (Å²) in [6.45, 7) is 5.70. The molecule has 0 aromatic heterocycles. The van der Waals surface area contributed by atoms with Crippen molar-refractivity contribution in [3.63, 3.8) is 0 Å². The molecule has 29 heavy (non-hydrogen) atoms. The van der Waals surface area contributed by atoms with E-state index in [9.17, 15) is 18.4 Å². The number of carbonyl (C=O) groups excluding carboxylic acids is 2. The van der Waals surface area contributed by atoms with Crippen molar-refractivity contribution in [3.8, 4) is 0 Å². The molecular formula is C23H20ClF2NO2. The second-order valence-corrected chi connectivity index (χ2v) is 7.60. The normalized spacial score (nSPS) is 15.0. The smallest absolute Gasteiger partial charge is 0.258 e. The first-order valence-corrected chi connectivity index (χ1v) is 9.61. The Kier molecular flexibility index (Phi) is 6.28. The van der Waals surface area contributed by atoms with Crippen molar-refractivity contribution in [2.24, 2.45) is 11.8 Å². The van der Waals surface area contributed by atoms with Crippen LogP contribution in [0, 0.1) is 23.5 Å². The molecule has 1 unspecified atom stereocenters. The van der Waals surface area contributed by atoms with Crippen LogP contribution in [0.25, 0.3) is 11.6 Å². The van der Waals surface area contributed by atoms with Crippen LogP contribution in [-0.2, 0) is 9.59 Å². The van der Waals surface area contributed by atoms with Crippen LogP contribution in [0.2, 0.25) is 5.02 Å². The summed E-state index contributed by atoms with van der Waals surface area (Å²) in [6, 6.07) is 9.44. The van der Waals surface area contributed by atoms with E-state index in [-0.39, 0.29) is 17.1 Å². The van der Waals surface area contributed by atoms with E-state index in [1.807, 2.05) is 6.92 Å². The molecule has 1 atom stereocenters. The van der Waals surface area contributed by atoms with Gasteiger partial charge >= 0.3 is 0 Å². The standard InChI is InChI=1S/C23H20ClF2NO2/c1-13(16-5-6-16)14(2)22(28)27-23(29)20(11-15-3-7-17(24)8-4-15)19-10-9-18(25)12-21(19)26/h3-4,7-13,16H,2,5-6H2,1H3,(H,27,28,29)/b20-11+. The van der Waals surface area contributed by atoms with Crippen LogP contribution in [0.3, 0.4) is 0 Å². The van der Waals surface area contributed by atoms with Crippen LogP contribution < -0.4 is 5.32 Å². The maximum absolute atomic E-state index is 14.4. The van der Waals surface area contributed by atoms with Crippen molar-refractivity contribution in [1.29, 1.82) is 0 Å². The van der Waals surface area contributed by atoms with Gasteiger partial charge in [0.25, 0.3) is 11.8 Å². The summed E-state index contributed by atoms with van der Waals surface area (Å²) in [5.41, 5.74) is 0.657. The maximum Gasteiger partial charge on any atom is 0.258 e. The monoisotopic (exact) mass is 415 g/mol. The quantitative estimate of drug-likeness (QED) is 0.507. The number of nitrogens with one attached hydrogen (secondary N) is 1. The first kappa shape index (κ1) is 20.9. The van der Waals surface area contributed by atoms with Crippen molar-refractivity contribution in [3.05, 3.63) is 82.4 Å². The van der Waals surface area contributed by atoms with Gasteiger partial charge in [-0.15, -0.1) is 0 Å². The van der Waals surface area contributed by atoms with Crippen molar-refractivity contribution >= 4 is 35.1 Å². The second-order valence-electron chi connectivity index (χ2n) is 7.17. The minimum absolute atomic E-state index is 0.0333. The molecule has 2 aromatic carbocycles. The molecule has 150 valence electrons. The molecule has 1 saturated carbocycles. The molecule has 1 aliphatic rings. The van der Waals surface area contributed by atoms with Crippen LogP contribution in [0.4, 0.5) is 8.78 Å². The predicted octanol–water partition coefficient (Wildman–Crippen LogP) is 5.40. The Morgan fingerprint density at radius 3 is 2.38 bits per heavy atom. The highest BCUT2D eigenvalue weighted by atomic mass is 35.5. The van der Waals surface area contributed by atoms with Crippen LogP contribution >= 0.6 is 11.6 Å². The zero-order chi connectivity index (χ0) is 21.1. The predicted molar refractivity (Wildman–Crippen MR) is 110 cm³/mol. The van der Waals surface area contributed by atoms with E-state index < -0.39 is 23.4 Å². The van der Waals surface area contributed by atoms with Crippen LogP contribution in [0.15, 0.2) is 54.6 Å². The van der Waals surface area contributed by atoms with E-state index in [1.165, 1.54) is 6.08 Å². The number of amides is 2. The largest absolute Gasteiger partial charge is 0.288 e. The Morgan fingerprint density at radius 2 is 1.79 bits per heavy atom. The third-order valence-corrected chi connectivity index (χ3v) is 5.30.